The molecule has 224 valence electrons. The SMILES string of the molecule is CC(=O)C1CCC(CNC(=O)CN2CCN(CC(N)=O)CCN(CC=O)CCN(CC(N)=O)CC2)CC1.CN. The maximum absolute atomic E-state index is 12.8. The third-order valence-corrected chi connectivity index (χ3v) is 7.40. The van der Waals surface area contributed by atoms with Crippen molar-refractivity contribution in [3.05, 3.63) is 0 Å². The topological polar surface area (TPSA) is 188 Å². The Morgan fingerprint density at radius 2 is 1.13 bits per heavy atom. The number of hydrogen-bond acceptors (Lipinski definition) is 10. The van der Waals surface area contributed by atoms with Crippen molar-refractivity contribution in [3.63, 3.8) is 0 Å². The van der Waals surface area contributed by atoms with Gasteiger partial charge in [0.15, 0.2) is 0 Å². The van der Waals surface area contributed by atoms with Crippen LogP contribution in [0.15, 0.2) is 0 Å². The van der Waals surface area contributed by atoms with E-state index in [0.717, 1.165) is 32.0 Å². The van der Waals surface area contributed by atoms with E-state index in [-0.39, 0.29) is 43.8 Å². The Morgan fingerprint density at radius 1 is 0.718 bits per heavy atom. The summed E-state index contributed by atoms with van der Waals surface area (Å²) in [6, 6.07) is 0. The molecule has 2 fully saturated rings. The Hall–Kier alpha value is -2.45. The molecular formula is C26H50N8O5. The molecule has 1 saturated carbocycles. The molecule has 1 saturated heterocycles. The van der Waals surface area contributed by atoms with E-state index in [0.29, 0.717) is 64.8 Å². The molecule has 2 rings (SSSR count). The number of aldehydes is 1. The molecule has 1 aliphatic carbocycles. The van der Waals surface area contributed by atoms with Crippen LogP contribution in [0.2, 0.25) is 0 Å². The minimum atomic E-state index is -0.426. The van der Waals surface area contributed by atoms with E-state index >= 15 is 0 Å². The largest absolute Gasteiger partial charge is 0.369 e. The second-order valence-corrected chi connectivity index (χ2v) is 10.4. The van der Waals surface area contributed by atoms with Crippen molar-refractivity contribution in [3.8, 4) is 0 Å². The highest BCUT2D eigenvalue weighted by Gasteiger charge is 2.25. The van der Waals surface area contributed by atoms with Crippen LogP contribution in [0, 0.1) is 11.8 Å². The summed E-state index contributed by atoms with van der Waals surface area (Å²) in [4.78, 5) is 66.7. The van der Waals surface area contributed by atoms with Gasteiger partial charge in [0, 0.05) is 64.8 Å². The molecule has 7 N–H and O–H groups in total. The number of nitrogens with zero attached hydrogens (tertiary/aromatic N) is 4. The summed E-state index contributed by atoms with van der Waals surface area (Å²) in [7, 11) is 1.50. The van der Waals surface area contributed by atoms with E-state index in [1.54, 1.807) is 6.92 Å². The van der Waals surface area contributed by atoms with Gasteiger partial charge in [0.2, 0.25) is 17.7 Å². The van der Waals surface area contributed by atoms with Crippen molar-refractivity contribution >= 4 is 29.8 Å². The molecule has 0 aromatic carbocycles. The lowest BCUT2D eigenvalue weighted by molar-refractivity contribution is -0.124. The second-order valence-electron chi connectivity index (χ2n) is 10.4. The number of nitrogens with one attached hydrogen (secondary N) is 1. The Morgan fingerprint density at radius 3 is 1.51 bits per heavy atom. The average Bonchev–Trinajstić information content (AvgIpc) is 2.89. The van der Waals surface area contributed by atoms with Gasteiger partial charge in [-0.05, 0) is 45.6 Å². The maximum atomic E-state index is 12.8. The molecule has 0 radical (unpaired) electrons. The van der Waals surface area contributed by atoms with Crippen LogP contribution in [0.5, 0.6) is 0 Å². The minimum Gasteiger partial charge on any atom is -0.369 e. The molecule has 3 amide bonds. The van der Waals surface area contributed by atoms with Crippen molar-refractivity contribution in [2.45, 2.75) is 32.6 Å². The summed E-state index contributed by atoms with van der Waals surface area (Å²) < 4.78 is 0. The molecule has 0 atom stereocenters. The van der Waals surface area contributed by atoms with Gasteiger partial charge in [0.25, 0.3) is 0 Å². The Balaban J connectivity index is 0.00000371. The highest BCUT2D eigenvalue weighted by Crippen LogP contribution is 2.28. The third-order valence-electron chi connectivity index (χ3n) is 7.40. The zero-order valence-corrected chi connectivity index (χ0v) is 23.8. The summed E-state index contributed by atoms with van der Waals surface area (Å²) in [6.45, 7) is 7.34. The molecule has 2 aliphatic rings. The summed E-state index contributed by atoms with van der Waals surface area (Å²) in [6.07, 6.45) is 4.51. The molecule has 0 unspecified atom stereocenters. The molecular weight excluding hydrogens is 504 g/mol. The van der Waals surface area contributed by atoms with Crippen LogP contribution in [0.4, 0.5) is 0 Å². The summed E-state index contributed by atoms with van der Waals surface area (Å²) in [5, 5.41) is 3.06. The number of primary amides is 2. The fraction of sp³-hybridized carbons (Fsp3) is 0.808. The lowest BCUT2D eigenvalue weighted by Gasteiger charge is -2.33. The minimum absolute atomic E-state index is 0.0687. The zero-order chi connectivity index (χ0) is 29.2. The van der Waals surface area contributed by atoms with E-state index in [1.807, 2.05) is 19.6 Å². The van der Waals surface area contributed by atoms with Crippen LogP contribution in [0.1, 0.15) is 32.6 Å². The molecule has 0 aromatic rings. The average molecular weight is 555 g/mol. The summed E-state index contributed by atoms with van der Waals surface area (Å²) >= 11 is 0. The highest BCUT2D eigenvalue weighted by atomic mass is 16.2. The van der Waals surface area contributed by atoms with Gasteiger partial charge in [-0.3, -0.25) is 38.8 Å². The van der Waals surface area contributed by atoms with Crippen LogP contribution in [-0.4, -0.2) is 142 Å². The number of amides is 3. The first-order valence-electron chi connectivity index (χ1n) is 13.9. The fourth-order valence-electron chi connectivity index (χ4n) is 5.07. The van der Waals surface area contributed by atoms with E-state index in [4.69, 9.17) is 11.5 Å². The summed E-state index contributed by atoms with van der Waals surface area (Å²) in [5.41, 5.74) is 15.4. The van der Waals surface area contributed by atoms with Crippen molar-refractivity contribution in [1.82, 2.24) is 24.9 Å². The van der Waals surface area contributed by atoms with Crippen LogP contribution >= 0.6 is 0 Å². The first-order valence-corrected chi connectivity index (χ1v) is 13.9. The van der Waals surface area contributed by atoms with Gasteiger partial charge in [-0.15, -0.1) is 0 Å². The molecule has 0 aromatic heterocycles. The molecule has 13 heteroatoms. The number of ketones is 1. The van der Waals surface area contributed by atoms with Gasteiger partial charge in [-0.25, -0.2) is 0 Å². The number of hydrogen-bond donors (Lipinski definition) is 4. The number of carbonyl (C=O) groups is 5. The Labute approximate surface area is 232 Å². The van der Waals surface area contributed by atoms with Crippen molar-refractivity contribution in [1.29, 1.82) is 0 Å². The zero-order valence-electron chi connectivity index (χ0n) is 23.8. The lowest BCUT2D eigenvalue weighted by atomic mass is 9.80. The van der Waals surface area contributed by atoms with E-state index in [2.05, 4.69) is 11.1 Å². The van der Waals surface area contributed by atoms with E-state index < -0.39 is 11.8 Å². The summed E-state index contributed by atoms with van der Waals surface area (Å²) in [5.74, 6) is -0.120. The van der Waals surface area contributed by atoms with Crippen molar-refractivity contribution < 1.29 is 24.0 Å². The van der Waals surface area contributed by atoms with Gasteiger partial charge < -0.3 is 27.3 Å². The fourth-order valence-corrected chi connectivity index (χ4v) is 5.07. The van der Waals surface area contributed by atoms with Crippen molar-refractivity contribution in [2.24, 2.45) is 29.0 Å². The van der Waals surface area contributed by atoms with Crippen molar-refractivity contribution in [2.75, 3.05) is 92.1 Å². The predicted octanol–water partition coefficient (Wildman–Crippen LogP) is -2.54. The quantitative estimate of drug-likeness (QED) is 0.198. The molecule has 0 bridgehead atoms. The highest BCUT2D eigenvalue weighted by molar-refractivity contribution is 5.79. The van der Waals surface area contributed by atoms with Gasteiger partial charge in [-0.1, -0.05) is 0 Å². The number of Topliss-reactive ketones (excluding diaryl/α,β-unsaturated/α-hetero) is 1. The number of nitrogens with two attached hydrogens (primary N) is 3. The number of rotatable bonds is 11. The standard InChI is InChI=1S/C25H45N7O5.CH5N/c1-20(34)22-4-2-21(3-5-22)16-28-25(37)19-32-12-10-30(17-23(26)35)8-6-29(14-15-33)7-9-31(11-13-32)18-24(27)36;1-2/h15,21-22H,2-14,16-19H2,1H3,(H2,26,35)(H2,27,36)(H,28,37);2H2,1H3. The van der Waals surface area contributed by atoms with Gasteiger partial charge >= 0.3 is 0 Å². The number of carbonyl (C=O) groups excluding carboxylic acids is 5. The third kappa shape index (κ3) is 15.1. The van der Waals surface area contributed by atoms with Gasteiger partial charge in [0.1, 0.15) is 12.1 Å². The molecule has 13 nitrogen and oxygen atoms in total. The molecule has 1 aliphatic heterocycles. The maximum Gasteiger partial charge on any atom is 0.234 e. The van der Waals surface area contributed by atoms with Gasteiger partial charge in [-0.2, -0.15) is 0 Å². The van der Waals surface area contributed by atoms with Crippen LogP contribution in [-0.2, 0) is 24.0 Å². The first-order chi connectivity index (χ1) is 18.7. The monoisotopic (exact) mass is 554 g/mol. The van der Waals surface area contributed by atoms with E-state index in [9.17, 15) is 24.0 Å². The normalized spacial score (nSPS) is 22.8. The smallest absolute Gasteiger partial charge is 0.234 e. The molecule has 39 heavy (non-hydrogen) atoms. The first kappa shape index (κ1) is 34.6. The Bertz CT molecular complexity index is 743. The molecule has 0 spiro atoms. The molecule has 1 heterocycles. The van der Waals surface area contributed by atoms with Crippen LogP contribution < -0.4 is 22.5 Å². The van der Waals surface area contributed by atoms with Gasteiger partial charge in [0.05, 0.1) is 26.2 Å². The lowest BCUT2D eigenvalue weighted by Crippen LogP contribution is -2.50. The van der Waals surface area contributed by atoms with Crippen LogP contribution in [0.3, 0.4) is 0 Å². The Kier molecular flexibility index (Phi) is 17.4. The predicted molar refractivity (Wildman–Crippen MR) is 149 cm³/mol. The second kappa shape index (κ2) is 19.6. The van der Waals surface area contributed by atoms with Crippen LogP contribution in [0.25, 0.3) is 0 Å². The van der Waals surface area contributed by atoms with E-state index in [1.165, 1.54) is 7.05 Å².